The van der Waals surface area contributed by atoms with Crippen molar-refractivity contribution in [1.29, 1.82) is 0 Å². The van der Waals surface area contributed by atoms with Gasteiger partial charge in [-0.3, -0.25) is 19.2 Å². The first-order chi connectivity index (χ1) is 20.8. The Kier molecular flexibility index (Phi) is 19.6. The number of hydrogen-bond donors (Lipinski definition) is 0. The first kappa shape index (κ1) is 50.0. The normalized spacial score (nSPS) is 34.6. The lowest BCUT2D eigenvalue weighted by atomic mass is 9.49. The Bertz CT molecular complexity index is 1070. The smallest absolute Gasteiger partial charge is 0.312 e. The largest absolute Gasteiger partial charge is 0.469 e. The van der Waals surface area contributed by atoms with Crippen LogP contribution in [0.2, 0.25) is 0 Å². The summed E-state index contributed by atoms with van der Waals surface area (Å²) in [4.78, 5) is 50.2. The van der Waals surface area contributed by atoms with E-state index in [1.807, 2.05) is 27.7 Å². The molecular weight excluding hydrogens is 632 g/mol. The van der Waals surface area contributed by atoms with Gasteiger partial charge in [0.15, 0.2) is 0 Å². The molecular formula is C42H80O8. The molecule has 2 aliphatic heterocycles. The van der Waals surface area contributed by atoms with Crippen LogP contribution in [0.3, 0.4) is 0 Å². The van der Waals surface area contributed by atoms with Crippen molar-refractivity contribution in [3.05, 3.63) is 0 Å². The van der Waals surface area contributed by atoms with E-state index in [4.69, 9.17) is 18.9 Å². The third kappa shape index (κ3) is 10.1. The predicted molar refractivity (Wildman–Crippen MR) is 204 cm³/mol. The second-order valence-electron chi connectivity index (χ2n) is 16.0. The highest BCUT2D eigenvalue weighted by Crippen LogP contribution is 2.61. The van der Waals surface area contributed by atoms with Gasteiger partial charge in [0, 0.05) is 12.3 Å². The zero-order valence-corrected chi connectivity index (χ0v) is 28.0. The molecule has 0 aromatic heterocycles. The lowest BCUT2D eigenvalue weighted by molar-refractivity contribution is -0.215. The lowest BCUT2D eigenvalue weighted by Gasteiger charge is -2.60. The summed E-state index contributed by atoms with van der Waals surface area (Å²) < 4.78 is 22.2. The maximum atomic E-state index is 13.9. The van der Waals surface area contributed by atoms with Crippen molar-refractivity contribution in [2.45, 2.75) is 180 Å². The van der Waals surface area contributed by atoms with E-state index in [0.29, 0.717) is 50.0 Å². The first-order valence-electron chi connectivity index (χ1n) is 17.5. The fraction of sp³-hybridized carbons (Fsp3) is 0.905. The summed E-state index contributed by atoms with van der Waals surface area (Å²) in [7, 11) is 1.39. The molecule has 2 saturated heterocycles. The molecule has 7 fully saturated rings. The van der Waals surface area contributed by atoms with Crippen LogP contribution >= 0.6 is 0 Å². The van der Waals surface area contributed by atoms with Crippen molar-refractivity contribution in [2.75, 3.05) is 13.7 Å². The Morgan fingerprint density at radius 1 is 0.820 bits per heavy atom. The summed E-state index contributed by atoms with van der Waals surface area (Å²) in [6.07, 6.45) is 13.4. The molecule has 0 N–H and O–H groups in total. The Labute approximate surface area is 308 Å². The summed E-state index contributed by atoms with van der Waals surface area (Å²) in [5, 5.41) is 0. The number of cyclic esters (lactones) is 2. The molecule has 4 bridgehead atoms. The number of ether oxygens (including phenoxy) is 4. The molecule has 8 nitrogen and oxygen atoms in total. The molecule has 0 amide bonds. The van der Waals surface area contributed by atoms with Crippen LogP contribution in [0.15, 0.2) is 0 Å². The topological polar surface area (TPSA) is 105 Å². The van der Waals surface area contributed by atoms with Gasteiger partial charge in [0.1, 0.15) is 11.2 Å². The van der Waals surface area contributed by atoms with Gasteiger partial charge < -0.3 is 18.9 Å². The van der Waals surface area contributed by atoms with E-state index in [0.717, 1.165) is 50.4 Å². The highest BCUT2D eigenvalue weighted by molar-refractivity contribution is 5.81. The summed E-state index contributed by atoms with van der Waals surface area (Å²) >= 11 is 0. The van der Waals surface area contributed by atoms with Crippen LogP contribution in [-0.4, -0.2) is 48.8 Å². The molecule has 0 spiro atoms. The minimum absolute atomic E-state index is 0. The van der Waals surface area contributed by atoms with Crippen LogP contribution in [0.25, 0.3) is 0 Å². The Morgan fingerprint density at radius 3 is 1.84 bits per heavy atom. The summed E-state index contributed by atoms with van der Waals surface area (Å²) in [6, 6.07) is 0. The molecule has 0 aromatic rings. The van der Waals surface area contributed by atoms with Gasteiger partial charge in [-0.25, -0.2) is 0 Å². The third-order valence-corrected chi connectivity index (χ3v) is 12.3. The van der Waals surface area contributed by atoms with E-state index >= 15 is 0 Å². The molecule has 7 aliphatic rings. The number of carbonyl (C=O) groups is 4. The summed E-state index contributed by atoms with van der Waals surface area (Å²) in [6.45, 7) is 10.5. The van der Waals surface area contributed by atoms with Crippen molar-refractivity contribution in [3.8, 4) is 0 Å². The van der Waals surface area contributed by atoms with E-state index in [-0.39, 0.29) is 74.4 Å². The van der Waals surface area contributed by atoms with Crippen molar-refractivity contribution in [1.82, 2.24) is 0 Å². The van der Waals surface area contributed by atoms with Gasteiger partial charge in [-0.05, 0) is 115 Å². The lowest BCUT2D eigenvalue weighted by Crippen LogP contribution is -2.59. The number of hydrogen-bond acceptors (Lipinski definition) is 8. The number of carbonyl (C=O) groups excluding carboxylic acids is 4. The zero-order valence-electron chi connectivity index (χ0n) is 28.0. The number of methoxy groups -OCH3 is 1. The molecule has 0 aromatic carbocycles. The first-order valence-corrected chi connectivity index (χ1v) is 17.5. The second kappa shape index (κ2) is 19.6. The summed E-state index contributed by atoms with van der Waals surface area (Å²) in [5.41, 5.74) is -1.73. The molecule has 7 rings (SSSR count). The fourth-order valence-electron chi connectivity index (χ4n) is 10.4. The second-order valence-corrected chi connectivity index (χ2v) is 16.0. The Balaban J connectivity index is 0. The minimum atomic E-state index is -0.773. The van der Waals surface area contributed by atoms with Crippen molar-refractivity contribution < 1.29 is 38.1 Å². The fourth-order valence-corrected chi connectivity index (χ4v) is 10.4. The van der Waals surface area contributed by atoms with E-state index in [9.17, 15) is 19.2 Å². The Hall–Kier alpha value is -2.12. The van der Waals surface area contributed by atoms with Crippen LogP contribution in [-0.2, 0) is 38.1 Å². The predicted octanol–water partition coefficient (Wildman–Crippen LogP) is 10.6. The highest BCUT2D eigenvalue weighted by Gasteiger charge is 2.59. The van der Waals surface area contributed by atoms with E-state index < -0.39 is 28.5 Å². The Morgan fingerprint density at radius 2 is 1.38 bits per heavy atom. The highest BCUT2D eigenvalue weighted by atomic mass is 16.6. The van der Waals surface area contributed by atoms with E-state index in [2.05, 4.69) is 6.92 Å². The average Bonchev–Trinajstić information content (AvgIpc) is 3.46. The quantitative estimate of drug-likeness (QED) is 0.172. The standard InChI is InChI=1S/C28H44O6.C8H12O2.6CH4/c1-7-19(23(29)32-6)14-20(15-27(5)16-26(3,4)34-25(27)31)24(30)33-28(8-2)21-10-17-9-18(12-21)13-22(28)11-17;9-8-7-4-2-1-3-6(7)5-10-8;;;;;;/h17-22H,7-16H2,1-6H3;6-7H,1-5H2;6*1H4. The molecule has 0 radical (unpaired) electrons. The van der Waals surface area contributed by atoms with E-state index in [1.54, 1.807) is 0 Å². The zero-order chi connectivity index (χ0) is 31.9. The van der Waals surface area contributed by atoms with Gasteiger partial charge in [0.2, 0.25) is 0 Å². The van der Waals surface area contributed by atoms with Gasteiger partial charge in [0.25, 0.3) is 0 Å². The minimum Gasteiger partial charge on any atom is -0.469 e. The maximum absolute atomic E-state index is 13.9. The van der Waals surface area contributed by atoms with Gasteiger partial charge in [-0.15, -0.1) is 0 Å². The SMILES string of the molecule is C.C.C.C.C.C.CCC(CC(CC1(C)CC(C)(C)OC1=O)C(=O)OC1(CC)C2CC3CC(C2)CC1C3)C(=O)OC.O=C1OCC2CCCCC12. The van der Waals surface area contributed by atoms with Gasteiger partial charge in [-0.2, -0.15) is 0 Å². The van der Waals surface area contributed by atoms with Gasteiger partial charge in [-0.1, -0.05) is 71.2 Å². The molecule has 5 unspecified atom stereocenters. The number of esters is 4. The summed E-state index contributed by atoms with van der Waals surface area (Å²) in [5.74, 6) is 1.60. The van der Waals surface area contributed by atoms with Crippen LogP contribution in [0, 0.1) is 52.8 Å². The average molecular weight is 713 g/mol. The van der Waals surface area contributed by atoms with Crippen molar-refractivity contribution in [3.63, 3.8) is 0 Å². The van der Waals surface area contributed by atoms with Gasteiger partial charge >= 0.3 is 23.9 Å². The molecule has 5 saturated carbocycles. The molecule has 50 heavy (non-hydrogen) atoms. The maximum Gasteiger partial charge on any atom is 0.312 e. The molecule has 2 heterocycles. The van der Waals surface area contributed by atoms with Crippen molar-refractivity contribution >= 4 is 23.9 Å². The van der Waals surface area contributed by atoms with E-state index in [1.165, 1.54) is 32.8 Å². The van der Waals surface area contributed by atoms with Crippen LogP contribution < -0.4 is 0 Å². The molecule has 5 aliphatic carbocycles. The van der Waals surface area contributed by atoms with Crippen LogP contribution in [0.4, 0.5) is 0 Å². The van der Waals surface area contributed by atoms with Gasteiger partial charge in [0.05, 0.1) is 36.9 Å². The number of fused-ring (bicyclic) bond motifs is 1. The number of rotatable bonds is 9. The van der Waals surface area contributed by atoms with Crippen LogP contribution in [0.5, 0.6) is 0 Å². The third-order valence-electron chi connectivity index (χ3n) is 12.3. The van der Waals surface area contributed by atoms with Crippen LogP contribution in [0.1, 0.15) is 169 Å². The molecule has 8 heteroatoms. The molecule has 5 atom stereocenters. The monoisotopic (exact) mass is 713 g/mol. The molecule has 296 valence electrons. The van der Waals surface area contributed by atoms with Crippen molar-refractivity contribution in [2.24, 2.45) is 52.8 Å².